The first-order valence-corrected chi connectivity index (χ1v) is 9.73. The summed E-state index contributed by atoms with van der Waals surface area (Å²) in [6.07, 6.45) is 3.01. The molecule has 3 atom stereocenters. The van der Waals surface area contributed by atoms with E-state index in [9.17, 15) is 19.6 Å². The number of benzene rings is 2. The number of hydrogen-bond donors (Lipinski definition) is 1. The lowest BCUT2D eigenvalue weighted by molar-refractivity contribution is -0.00588. The largest absolute Gasteiger partial charge is 0.394 e. The van der Waals surface area contributed by atoms with Crippen LogP contribution in [0.2, 0.25) is 0 Å². The van der Waals surface area contributed by atoms with Crippen molar-refractivity contribution in [2.45, 2.75) is 18.0 Å². The van der Waals surface area contributed by atoms with Gasteiger partial charge in [0.15, 0.2) is 0 Å². The Morgan fingerprint density at radius 3 is 2.52 bits per heavy atom. The maximum absolute atomic E-state index is 13.7. The molecule has 1 N–H and O–H groups in total. The van der Waals surface area contributed by atoms with Crippen molar-refractivity contribution < 1.29 is 14.3 Å². The third kappa shape index (κ3) is 3.90. The predicted molar refractivity (Wildman–Crippen MR) is 112 cm³/mol. The van der Waals surface area contributed by atoms with Gasteiger partial charge in [-0.2, -0.15) is 5.26 Å². The monoisotopic (exact) mass is 411 g/mol. The molecule has 1 saturated heterocycles. The van der Waals surface area contributed by atoms with Crippen molar-refractivity contribution in [1.82, 2.24) is 9.88 Å². The van der Waals surface area contributed by atoms with E-state index in [1.54, 1.807) is 48.7 Å². The Labute approximate surface area is 179 Å². The number of aliphatic hydroxyl groups is 1. The lowest BCUT2D eigenvalue weighted by Gasteiger charge is -2.51. The van der Waals surface area contributed by atoms with Crippen molar-refractivity contribution in [1.29, 1.82) is 5.26 Å². The zero-order valence-electron chi connectivity index (χ0n) is 16.4. The second kappa shape index (κ2) is 8.79. The number of aliphatic hydroxyl groups excluding tert-OH is 1. The van der Waals surface area contributed by atoms with Crippen LogP contribution in [0.25, 0.3) is 0 Å². The SMILES string of the molecule is N#C[C@@H]1[C@H](c2ccc(C#Cc3ccccc3F)cc2)[C@H](CO)N1C(=O)c1cccnc1. The van der Waals surface area contributed by atoms with Crippen molar-refractivity contribution in [3.05, 3.63) is 101 Å². The second-order valence-electron chi connectivity index (χ2n) is 7.16. The van der Waals surface area contributed by atoms with Gasteiger partial charge < -0.3 is 10.0 Å². The van der Waals surface area contributed by atoms with E-state index in [4.69, 9.17) is 0 Å². The van der Waals surface area contributed by atoms with Crippen LogP contribution >= 0.6 is 0 Å². The van der Waals surface area contributed by atoms with Gasteiger partial charge in [-0.1, -0.05) is 36.1 Å². The summed E-state index contributed by atoms with van der Waals surface area (Å²) in [5.74, 6) is 4.72. The summed E-state index contributed by atoms with van der Waals surface area (Å²) in [6, 6.07) is 17.8. The van der Waals surface area contributed by atoms with E-state index in [-0.39, 0.29) is 24.2 Å². The zero-order chi connectivity index (χ0) is 21.8. The van der Waals surface area contributed by atoms with Gasteiger partial charge >= 0.3 is 0 Å². The van der Waals surface area contributed by atoms with Gasteiger partial charge in [-0.3, -0.25) is 9.78 Å². The summed E-state index contributed by atoms with van der Waals surface area (Å²) in [6.45, 7) is -0.260. The number of carbonyl (C=O) groups excluding carboxylic acids is 1. The highest BCUT2D eigenvalue weighted by molar-refractivity contribution is 5.95. The Bertz CT molecular complexity index is 1190. The fraction of sp³-hybridized carbons (Fsp3) is 0.160. The molecule has 0 spiro atoms. The molecule has 6 heteroatoms. The summed E-state index contributed by atoms with van der Waals surface area (Å²) in [5.41, 5.74) is 2.22. The van der Waals surface area contributed by atoms with E-state index in [2.05, 4.69) is 22.9 Å². The molecule has 0 aliphatic carbocycles. The normalized spacial score (nSPS) is 19.5. The summed E-state index contributed by atoms with van der Waals surface area (Å²) < 4.78 is 13.7. The van der Waals surface area contributed by atoms with Gasteiger partial charge in [0.25, 0.3) is 5.91 Å². The van der Waals surface area contributed by atoms with Gasteiger partial charge in [0.05, 0.1) is 29.8 Å². The molecule has 31 heavy (non-hydrogen) atoms. The molecule has 1 aliphatic heterocycles. The first-order valence-electron chi connectivity index (χ1n) is 9.73. The molecular formula is C25H18FN3O2. The Hall–Kier alpha value is -4.00. The van der Waals surface area contributed by atoms with Crippen molar-refractivity contribution >= 4 is 5.91 Å². The van der Waals surface area contributed by atoms with Gasteiger partial charge in [-0.05, 0) is 42.0 Å². The topological polar surface area (TPSA) is 77.2 Å². The Morgan fingerprint density at radius 1 is 1.10 bits per heavy atom. The maximum atomic E-state index is 13.7. The van der Waals surface area contributed by atoms with Crippen LogP contribution in [-0.2, 0) is 0 Å². The predicted octanol–water partition coefficient (Wildman–Crippen LogP) is 3.11. The third-order valence-electron chi connectivity index (χ3n) is 5.38. The molecule has 152 valence electrons. The molecule has 4 rings (SSSR count). The number of carbonyl (C=O) groups is 1. The average Bonchev–Trinajstić information content (AvgIpc) is 2.80. The van der Waals surface area contributed by atoms with E-state index >= 15 is 0 Å². The van der Waals surface area contributed by atoms with E-state index in [1.165, 1.54) is 17.2 Å². The molecule has 0 saturated carbocycles. The highest BCUT2D eigenvalue weighted by Gasteiger charge is 2.51. The first kappa shape index (κ1) is 20.3. The van der Waals surface area contributed by atoms with Crippen molar-refractivity contribution in [2.75, 3.05) is 6.61 Å². The van der Waals surface area contributed by atoms with Gasteiger partial charge in [-0.15, -0.1) is 0 Å². The molecule has 5 nitrogen and oxygen atoms in total. The van der Waals surface area contributed by atoms with Crippen LogP contribution in [0.3, 0.4) is 0 Å². The molecular weight excluding hydrogens is 393 g/mol. The van der Waals surface area contributed by atoms with Crippen molar-refractivity contribution in [3.8, 4) is 17.9 Å². The molecule has 3 aromatic rings. The van der Waals surface area contributed by atoms with E-state index in [0.29, 0.717) is 16.7 Å². The second-order valence-corrected chi connectivity index (χ2v) is 7.16. The Morgan fingerprint density at radius 2 is 1.87 bits per heavy atom. The summed E-state index contributed by atoms with van der Waals surface area (Å²) >= 11 is 0. The lowest BCUT2D eigenvalue weighted by Crippen LogP contribution is -2.65. The molecule has 1 fully saturated rings. The van der Waals surface area contributed by atoms with Crippen LogP contribution in [-0.4, -0.2) is 39.6 Å². The first-order chi connectivity index (χ1) is 15.1. The molecule has 1 amide bonds. The minimum absolute atomic E-state index is 0.260. The standard InChI is InChI=1S/C25H18FN3O2/c26-21-6-2-1-4-18(21)10-7-17-8-11-19(12-9-17)24-22(14-27)29(23(24)16-30)25(31)20-5-3-13-28-15-20/h1-6,8-9,11-13,15,22-24,30H,16H2/t22-,23+,24+/m1/s1. The fourth-order valence-electron chi connectivity index (χ4n) is 3.82. The van der Waals surface area contributed by atoms with Crippen LogP contribution in [0.5, 0.6) is 0 Å². The molecule has 1 aromatic heterocycles. The van der Waals surface area contributed by atoms with E-state index < -0.39 is 12.1 Å². The molecule has 2 heterocycles. The number of rotatable bonds is 3. The Kier molecular flexibility index (Phi) is 5.75. The van der Waals surface area contributed by atoms with Crippen molar-refractivity contribution in [3.63, 3.8) is 0 Å². The van der Waals surface area contributed by atoms with Crippen LogP contribution in [0, 0.1) is 29.0 Å². The number of likely N-dealkylation sites (tertiary alicyclic amines) is 1. The molecule has 0 radical (unpaired) electrons. The number of pyridine rings is 1. The maximum Gasteiger partial charge on any atom is 0.256 e. The number of hydrogen-bond acceptors (Lipinski definition) is 4. The number of amides is 1. The number of nitrogens with zero attached hydrogens (tertiary/aromatic N) is 3. The minimum atomic E-state index is -0.694. The van der Waals surface area contributed by atoms with E-state index in [0.717, 1.165) is 5.56 Å². The zero-order valence-corrected chi connectivity index (χ0v) is 16.4. The smallest absolute Gasteiger partial charge is 0.256 e. The van der Waals surface area contributed by atoms with Crippen LogP contribution in [0.1, 0.15) is 33.0 Å². The summed E-state index contributed by atoms with van der Waals surface area (Å²) in [4.78, 5) is 18.2. The quantitative estimate of drug-likeness (QED) is 0.672. The third-order valence-corrected chi connectivity index (χ3v) is 5.38. The molecule has 0 unspecified atom stereocenters. The fourth-order valence-corrected chi connectivity index (χ4v) is 3.82. The lowest BCUT2D eigenvalue weighted by atomic mass is 9.75. The van der Waals surface area contributed by atoms with Crippen LogP contribution in [0.15, 0.2) is 73.1 Å². The van der Waals surface area contributed by atoms with Gasteiger partial charge in [0, 0.05) is 23.9 Å². The summed E-state index contributed by atoms with van der Waals surface area (Å²) in [5, 5.41) is 19.6. The van der Waals surface area contributed by atoms with Gasteiger partial charge in [-0.25, -0.2) is 4.39 Å². The Balaban J connectivity index is 1.55. The molecule has 2 aromatic carbocycles. The van der Waals surface area contributed by atoms with Crippen molar-refractivity contribution in [2.24, 2.45) is 0 Å². The summed E-state index contributed by atoms with van der Waals surface area (Å²) in [7, 11) is 0. The number of halogens is 1. The van der Waals surface area contributed by atoms with Gasteiger partial charge in [0.2, 0.25) is 0 Å². The number of aromatic nitrogens is 1. The average molecular weight is 411 g/mol. The van der Waals surface area contributed by atoms with E-state index in [1.807, 2.05) is 12.1 Å². The minimum Gasteiger partial charge on any atom is -0.394 e. The van der Waals surface area contributed by atoms with Gasteiger partial charge in [0.1, 0.15) is 11.9 Å². The number of nitriles is 1. The highest BCUT2D eigenvalue weighted by atomic mass is 19.1. The molecule has 0 bridgehead atoms. The molecule has 1 aliphatic rings. The van der Waals surface area contributed by atoms with Crippen LogP contribution in [0.4, 0.5) is 4.39 Å². The highest BCUT2D eigenvalue weighted by Crippen LogP contribution is 2.41. The van der Waals surface area contributed by atoms with Crippen LogP contribution < -0.4 is 0 Å².